The van der Waals surface area contributed by atoms with Crippen molar-refractivity contribution in [3.05, 3.63) is 28.6 Å². The van der Waals surface area contributed by atoms with Gasteiger partial charge in [-0.3, -0.25) is 0 Å². The third-order valence-electron chi connectivity index (χ3n) is 2.04. The fraction of sp³-hybridized carbons (Fsp3) is 0.200. The molecule has 0 saturated heterocycles. The van der Waals surface area contributed by atoms with Crippen LogP contribution in [0.25, 0.3) is 11.6 Å². The summed E-state index contributed by atoms with van der Waals surface area (Å²) < 4.78 is 11.1. The standard InChI is InChI=1S/C10H11BrN4O2/c1-16-5-6-4-8(15-12)14-10(13-6)9-7(11)2-3-17-9/h2-4H,5,12H2,1H3,(H,13,14,15). The Bertz CT molecular complexity index is 515. The number of methoxy groups -OCH3 is 1. The van der Waals surface area contributed by atoms with Gasteiger partial charge in [-0.1, -0.05) is 0 Å². The van der Waals surface area contributed by atoms with Crippen LogP contribution in [-0.4, -0.2) is 17.1 Å². The topological polar surface area (TPSA) is 86.2 Å². The van der Waals surface area contributed by atoms with Crippen LogP contribution >= 0.6 is 15.9 Å². The number of nitrogens with one attached hydrogen (secondary N) is 1. The molecule has 0 unspecified atom stereocenters. The van der Waals surface area contributed by atoms with Gasteiger partial charge in [0.1, 0.15) is 5.82 Å². The summed E-state index contributed by atoms with van der Waals surface area (Å²) in [6, 6.07) is 3.49. The van der Waals surface area contributed by atoms with Crippen molar-refractivity contribution in [2.75, 3.05) is 12.5 Å². The number of nitrogens with two attached hydrogens (primary N) is 1. The highest BCUT2D eigenvalue weighted by Gasteiger charge is 2.12. The number of hydrogen-bond acceptors (Lipinski definition) is 6. The van der Waals surface area contributed by atoms with E-state index in [9.17, 15) is 0 Å². The number of anilines is 1. The molecule has 2 heterocycles. The molecule has 2 rings (SSSR count). The molecule has 17 heavy (non-hydrogen) atoms. The molecule has 0 aliphatic rings. The number of aromatic nitrogens is 2. The van der Waals surface area contributed by atoms with Crippen LogP contribution in [0.5, 0.6) is 0 Å². The maximum atomic E-state index is 5.35. The number of halogens is 1. The molecule has 2 aromatic heterocycles. The quantitative estimate of drug-likeness (QED) is 0.662. The van der Waals surface area contributed by atoms with Crippen molar-refractivity contribution < 1.29 is 9.15 Å². The molecule has 0 saturated carbocycles. The highest BCUT2D eigenvalue weighted by molar-refractivity contribution is 9.10. The van der Waals surface area contributed by atoms with E-state index in [1.165, 1.54) is 0 Å². The maximum Gasteiger partial charge on any atom is 0.199 e. The molecular weight excluding hydrogens is 288 g/mol. The lowest BCUT2D eigenvalue weighted by Gasteiger charge is -2.05. The first kappa shape index (κ1) is 12.0. The SMILES string of the molecule is COCc1cc(NN)nc(-c2occc2Br)n1. The van der Waals surface area contributed by atoms with Gasteiger partial charge < -0.3 is 14.6 Å². The summed E-state index contributed by atoms with van der Waals surface area (Å²) in [4.78, 5) is 8.53. The summed E-state index contributed by atoms with van der Waals surface area (Å²) >= 11 is 3.36. The number of hydrazine groups is 1. The van der Waals surface area contributed by atoms with Crippen molar-refractivity contribution in [1.82, 2.24) is 9.97 Å². The summed E-state index contributed by atoms with van der Waals surface area (Å²) in [7, 11) is 1.60. The van der Waals surface area contributed by atoms with Crippen molar-refractivity contribution in [2.24, 2.45) is 5.84 Å². The molecule has 6 nitrogen and oxygen atoms in total. The van der Waals surface area contributed by atoms with Gasteiger partial charge in [0, 0.05) is 13.2 Å². The van der Waals surface area contributed by atoms with Gasteiger partial charge in [0.15, 0.2) is 11.6 Å². The molecule has 0 spiro atoms. The van der Waals surface area contributed by atoms with Crippen LogP contribution in [0, 0.1) is 0 Å². The Hall–Kier alpha value is -1.44. The van der Waals surface area contributed by atoms with E-state index in [1.807, 2.05) is 0 Å². The lowest BCUT2D eigenvalue weighted by Crippen LogP contribution is -2.10. The van der Waals surface area contributed by atoms with Crippen LogP contribution in [0.4, 0.5) is 5.82 Å². The summed E-state index contributed by atoms with van der Waals surface area (Å²) in [5.41, 5.74) is 3.20. The Morgan fingerprint density at radius 3 is 2.94 bits per heavy atom. The highest BCUT2D eigenvalue weighted by Crippen LogP contribution is 2.27. The van der Waals surface area contributed by atoms with E-state index in [-0.39, 0.29) is 0 Å². The van der Waals surface area contributed by atoms with Gasteiger partial charge in [0.05, 0.1) is 23.0 Å². The van der Waals surface area contributed by atoms with E-state index in [4.69, 9.17) is 15.0 Å². The van der Waals surface area contributed by atoms with Crippen LogP contribution in [0.2, 0.25) is 0 Å². The number of nitrogen functional groups attached to an aromatic ring is 1. The van der Waals surface area contributed by atoms with Crippen molar-refractivity contribution in [3.8, 4) is 11.6 Å². The van der Waals surface area contributed by atoms with Gasteiger partial charge in [0.2, 0.25) is 0 Å². The summed E-state index contributed by atoms with van der Waals surface area (Å²) in [6.07, 6.45) is 1.56. The van der Waals surface area contributed by atoms with Crippen LogP contribution in [0.1, 0.15) is 5.69 Å². The van der Waals surface area contributed by atoms with E-state index >= 15 is 0 Å². The number of nitrogens with zero attached hydrogens (tertiary/aromatic N) is 2. The highest BCUT2D eigenvalue weighted by atomic mass is 79.9. The lowest BCUT2D eigenvalue weighted by atomic mass is 10.3. The summed E-state index contributed by atoms with van der Waals surface area (Å²) in [5, 5.41) is 0. The molecule has 0 amide bonds. The molecule has 0 radical (unpaired) electrons. The molecule has 0 aliphatic carbocycles. The molecule has 90 valence electrons. The fourth-order valence-corrected chi connectivity index (χ4v) is 1.73. The van der Waals surface area contributed by atoms with Crippen LogP contribution in [0.15, 0.2) is 27.3 Å². The maximum absolute atomic E-state index is 5.35. The molecule has 0 atom stereocenters. The minimum absolute atomic E-state index is 0.378. The monoisotopic (exact) mass is 298 g/mol. The third-order valence-corrected chi connectivity index (χ3v) is 2.66. The Morgan fingerprint density at radius 2 is 2.35 bits per heavy atom. The number of furan rings is 1. The zero-order chi connectivity index (χ0) is 12.3. The third kappa shape index (κ3) is 2.63. The summed E-state index contributed by atoms with van der Waals surface area (Å²) in [6.45, 7) is 0.378. The van der Waals surface area contributed by atoms with Gasteiger partial charge in [-0.05, 0) is 22.0 Å². The van der Waals surface area contributed by atoms with E-state index in [0.717, 1.165) is 4.47 Å². The minimum atomic E-state index is 0.378. The Labute approximate surface area is 106 Å². The zero-order valence-corrected chi connectivity index (χ0v) is 10.7. The lowest BCUT2D eigenvalue weighted by molar-refractivity contribution is 0.181. The van der Waals surface area contributed by atoms with Gasteiger partial charge in [-0.15, -0.1) is 0 Å². The number of rotatable bonds is 4. The number of hydrogen-bond donors (Lipinski definition) is 2. The molecule has 2 aromatic rings. The molecule has 0 bridgehead atoms. The van der Waals surface area contributed by atoms with Crippen LogP contribution < -0.4 is 11.3 Å². The first-order valence-corrected chi connectivity index (χ1v) is 5.60. The summed E-state index contributed by atoms with van der Waals surface area (Å²) in [5.74, 6) is 6.86. The minimum Gasteiger partial charge on any atom is -0.460 e. The second-order valence-electron chi connectivity index (χ2n) is 3.24. The zero-order valence-electron chi connectivity index (χ0n) is 9.11. The van der Waals surface area contributed by atoms with Crippen molar-refractivity contribution >= 4 is 21.7 Å². The van der Waals surface area contributed by atoms with Crippen LogP contribution in [-0.2, 0) is 11.3 Å². The number of ether oxygens (including phenoxy) is 1. The molecule has 7 heteroatoms. The largest absolute Gasteiger partial charge is 0.460 e. The predicted molar refractivity (Wildman–Crippen MR) is 66.0 cm³/mol. The fourth-order valence-electron chi connectivity index (χ4n) is 1.35. The van der Waals surface area contributed by atoms with Gasteiger partial charge in [0.25, 0.3) is 0 Å². The second-order valence-corrected chi connectivity index (χ2v) is 4.10. The molecule has 3 N–H and O–H groups in total. The second kappa shape index (κ2) is 5.26. The molecule has 0 fully saturated rings. The van der Waals surface area contributed by atoms with E-state index in [1.54, 1.807) is 25.5 Å². The molecular formula is C10H11BrN4O2. The van der Waals surface area contributed by atoms with E-state index in [2.05, 4.69) is 31.3 Å². The van der Waals surface area contributed by atoms with Crippen molar-refractivity contribution in [1.29, 1.82) is 0 Å². The van der Waals surface area contributed by atoms with Crippen LogP contribution in [0.3, 0.4) is 0 Å². The van der Waals surface area contributed by atoms with Crippen molar-refractivity contribution in [2.45, 2.75) is 6.61 Å². The average Bonchev–Trinajstić information content (AvgIpc) is 2.75. The first-order valence-electron chi connectivity index (χ1n) is 4.81. The van der Waals surface area contributed by atoms with Crippen molar-refractivity contribution in [3.63, 3.8) is 0 Å². The van der Waals surface area contributed by atoms with Gasteiger partial charge >= 0.3 is 0 Å². The van der Waals surface area contributed by atoms with E-state index < -0.39 is 0 Å². The normalized spacial score (nSPS) is 10.5. The first-order chi connectivity index (χ1) is 8.24. The Balaban J connectivity index is 2.46. The Kier molecular flexibility index (Phi) is 3.72. The average molecular weight is 299 g/mol. The van der Waals surface area contributed by atoms with E-state index in [0.29, 0.717) is 29.7 Å². The smallest absolute Gasteiger partial charge is 0.199 e. The predicted octanol–water partition coefficient (Wildman–Crippen LogP) is 1.93. The Morgan fingerprint density at radius 1 is 1.53 bits per heavy atom. The van der Waals surface area contributed by atoms with Gasteiger partial charge in [-0.2, -0.15) is 0 Å². The molecule has 0 aliphatic heterocycles. The molecule has 0 aromatic carbocycles. The van der Waals surface area contributed by atoms with Gasteiger partial charge in [-0.25, -0.2) is 15.8 Å².